The molecule has 6 N–H and O–H groups in total. The number of nitrogens with one attached hydrogen (secondary N) is 6. The summed E-state index contributed by atoms with van der Waals surface area (Å²) in [5.41, 5.74) is 9.39. The molecule has 2 fully saturated rings. The molecule has 8 atom stereocenters. The highest BCUT2D eigenvalue weighted by atomic mass is 16.6. The summed E-state index contributed by atoms with van der Waals surface area (Å²) in [4.78, 5) is 78.5. The number of fused-ring (bicyclic) bond motifs is 2. The molecule has 14 nitrogen and oxygen atoms in total. The SMILES string of the molecule is CN[C@@H](C)C(=O)N[C@@H](CC#Cc1ccc(C[C@H](NOC[C@H](C)NC)C(=O)N2CCC[C@H]2C(=O)N[C@@H]2CCCc3ccccc32)cc1)C(=O)N1CCC[C@H]1C(=O)N[C@@H]1CCCc2ccccc21. The molecule has 0 aromatic heterocycles. The zero-order chi connectivity index (χ0) is 46.6. The summed E-state index contributed by atoms with van der Waals surface area (Å²) in [5.74, 6) is 5.13. The molecule has 0 unspecified atom stereocenters. The molecular formula is C52H68N8O6. The average molecular weight is 901 g/mol. The Bertz CT molecular complexity index is 2240. The number of amides is 5. The van der Waals surface area contributed by atoms with Crippen LogP contribution in [-0.4, -0.2) is 109 Å². The number of rotatable bonds is 17. The Kier molecular flexibility index (Phi) is 17.0. The van der Waals surface area contributed by atoms with Crippen LogP contribution in [0.3, 0.4) is 0 Å². The number of hydroxylamine groups is 1. The summed E-state index contributed by atoms with van der Waals surface area (Å²) in [6, 6.07) is 20.4. The van der Waals surface area contributed by atoms with E-state index in [4.69, 9.17) is 4.84 Å². The van der Waals surface area contributed by atoms with E-state index in [9.17, 15) is 24.0 Å². The molecule has 2 aliphatic heterocycles. The van der Waals surface area contributed by atoms with Crippen LogP contribution in [0.15, 0.2) is 72.8 Å². The smallest absolute Gasteiger partial charge is 0.246 e. The Morgan fingerprint density at radius 1 is 0.682 bits per heavy atom. The van der Waals surface area contributed by atoms with Crippen molar-refractivity contribution in [1.29, 1.82) is 0 Å². The van der Waals surface area contributed by atoms with E-state index in [1.165, 1.54) is 11.1 Å². The van der Waals surface area contributed by atoms with Gasteiger partial charge < -0.3 is 36.4 Å². The van der Waals surface area contributed by atoms with Crippen molar-refractivity contribution in [2.45, 2.75) is 139 Å². The standard InChI is InChI=1S/C52H68N8O6/c1-34(53-3)33-66-58-45(52(65)60-31-13-25-47(60)50(63)56-43-22-11-18-39-16-6-8-20-41(39)43)32-37-28-26-36(27-29-37)14-9-23-44(57-48(61)35(2)54-4)51(64)59-30-12-24-46(59)49(62)55-42-21-10-17-38-15-5-7-19-40(38)42/h5-8,15-16,19-20,26-29,34-35,42-47,53-54,58H,10-13,17-18,21-25,30-33H2,1-4H3,(H,55,62)(H,56,63)(H,57,61)/t34-,35-,42+,43+,44-,45-,46-,47-/m0/s1. The van der Waals surface area contributed by atoms with Gasteiger partial charge in [0.05, 0.1) is 24.7 Å². The maximum Gasteiger partial charge on any atom is 0.246 e. The maximum absolute atomic E-state index is 14.3. The Morgan fingerprint density at radius 2 is 1.23 bits per heavy atom. The molecule has 5 amide bonds. The third-order valence-electron chi connectivity index (χ3n) is 13.8. The van der Waals surface area contributed by atoms with Gasteiger partial charge in [-0.25, -0.2) is 0 Å². The summed E-state index contributed by atoms with van der Waals surface area (Å²) in [6.45, 7) is 4.94. The lowest BCUT2D eigenvalue weighted by Crippen LogP contribution is -2.55. The van der Waals surface area contributed by atoms with Crippen LogP contribution >= 0.6 is 0 Å². The zero-order valence-electron chi connectivity index (χ0n) is 39.0. The molecule has 2 heterocycles. The maximum atomic E-state index is 14.3. The molecule has 66 heavy (non-hydrogen) atoms. The van der Waals surface area contributed by atoms with E-state index in [1.54, 1.807) is 23.8 Å². The largest absolute Gasteiger partial charge is 0.347 e. The predicted octanol–water partition coefficient (Wildman–Crippen LogP) is 3.93. The van der Waals surface area contributed by atoms with E-state index >= 15 is 0 Å². The third-order valence-corrected chi connectivity index (χ3v) is 13.8. The second-order valence-electron chi connectivity index (χ2n) is 18.3. The number of hydrogen-bond acceptors (Lipinski definition) is 9. The van der Waals surface area contributed by atoms with Crippen molar-refractivity contribution in [2.75, 3.05) is 33.8 Å². The Morgan fingerprint density at radius 3 is 1.77 bits per heavy atom. The minimum absolute atomic E-state index is 0.0459. The number of aryl methyl sites for hydroxylation is 2. The van der Waals surface area contributed by atoms with Crippen LogP contribution in [0, 0.1) is 11.8 Å². The zero-order valence-corrected chi connectivity index (χ0v) is 39.0. The van der Waals surface area contributed by atoms with Crippen LogP contribution in [-0.2, 0) is 48.1 Å². The van der Waals surface area contributed by atoms with E-state index in [-0.39, 0.29) is 54.1 Å². The number of hydrogen-bond donors (Lipinski definition) is 6. The fourth-order valence-electron chi connectivity index (χ4n) is 9.73. The highest BCUT2D eigenvalue weighted by Crippen LogP contribution is 2.32. The van der Waals surface area contributed by atoms with Crippen molar-refractivity contribution in [2.24, 2.45) is 0 Å². The van der Waals surface area contributed by atoms with Crippen LogP contribution in [0.25, 0.3) is 0 Å². The normalized spacial score (nSPS) is 21.8. The van der Waals surface area contributed by atoms with Gasteiger partial charge in [-0.15, -0.1) is 0 Å². The van der Waals surface area contributed by atoms with E-state index in [0.717, 1.165) is 61.6 Å². The summed E-state index contributed by atoms with van der Waals surface area (Å²) in [5, 5.41) is 15.5. The van der Waals surface area contributed by atoms with Gasteiger partial charge in [0.15, 0.2) is 0 Å². The fourth-order valence-corrected chi connectivity index (χ4v) is 9.73. The topological polar surface area (TPSA) is 173 Å². The number of benzene rings is 3. The fraction of sp³-hybridized carbons (Fsp3) is 0.519. The monoisotopic (exact) mass is 901 g/mol. The molecule has 2 aliphatic carbocycles. The second-order valence-corrected chi connectivity index (χ2v) is 18.3. The highest BCUT2D eigenvalue weighted by Gasteiger charge is 2.40. The molecule has 0 spiro atoms. The Labute approximate surface area is 390 Å². The number of likely N-dealkylation sites (N-methyl/N-ethyl adjacent to an activating group) is 2. The molecule has 7 rings (SSSR count). The van der Waals surface area contributed by atoms with Gasteiger partial charge >= 0.3 is 0 Å². The van der Waals surface area contributed by atoms with Gasteiger partial charge in [-0.3, -0.25) is 28.8 Å². The highest BCUT2D eigenvalue weighted by molar-refractivity contribution is 5.94. The van der Waals surface area contributed by atoms with Crippen LogP contribution in [0.5, 0.6) is 0 Å². The molecule has 0 bridgehead atoms. The number of carbonyl (C=O) groups excluding carboxylic acids is 5. The summed E-state index contributed by atoms with van der Waals surface area (Å²) < 4.78 is 0. The minimum Gasteiger partial charge on any atom is -0.347 e. The first kappa shape index (κ1) is 48.3. The van der Waals surface area contributed by atoms with Gasteiger partial charge in [0.1, 0.15) is 24.2 Å². The quantitative estimate of drug-likeness (QED) is 0.0868. The molecule has 4 aliphatic rings. The third kappa shape index (κ3) is 12.0. The van der Waals surface area contributed by atoms with E-state index < -0.39 is 30.2 Å². The van der Waals surface area contributed by atoms with E-state index in [0.29, 0.717) is 50.9 Å². The van der Waals surface area contributed by atoms with E-state index in [1.807, 2.05) is 62.5 Å². The van der Waals surface area contributed by atoms with Gasteiger partial charge in [0, 0.05) is 31.1 Å². The summed E-state index contributed by atoms with van der Waals surface area (Å²) in [7, 11) is 3.53. The lowest BCUT2D eigenvalue weighted by molar-refractivity contribution is -0.143. The van der Waals surface area contributed by atoms with Crippen LogP contribution in [0.4, 0.5) is 0 Å². The average Bonchev–Trinajstić information content (AvgIpc) is 4.05. The molecule has 0 saturated carbocycles. The lowest BCUT2D eigenvalue weighted by atomic mass is 9.87. The number of likely N-dealkylation sites (tertiary alicyclic amines) is 2. The van der Waals surface area contributed by atoms with Gasteiger partial charge in [-0.1, -0.05) is 72.5 Å². The molecule has 3 aromatic rings. The van der Waals surface area contributed by atoms with Crippen molar-refractivity contribution in [3.05, 3.63) is 106 Å². The van der Waals surface area contributed by atoms with Crippen molar-refractivity contribution in [3.63, 3.8) is 0 Å². The van der Waals surface area contributed by atoms with Crippen LogP contribution in [0.1, 0.15) is 117 Å². The summed E-state index contributed by atoms with van der Waals surface area (Å²) in [6.07, 6.45) is 8.59. The molecule has 3 aromatic carbocycles. The van der Waals surface area contributed by atoms with Crippen molar-refractivity contribution in [1.82, 2.24) is 41.9 Å². The molecule has 0 radical (unpaired) electrons. The second kappa shape index (κ2) is 23.2. The first-order valence-corrected chi connectivity index (χ1v) is 24.0. The lowest BCUT2D eigenvalue weighted by Gasteiger charge is -2.31. The molecular weight excluding hydrogens is 833 g/mol. The number of carbonyl (C=O) groups is 5. The van der Waals surface area contributed by atoms with Crippen molar-refractivity contribution < 1.29 is 28.8 Å². The van der Waals surface area contributed by atoms with E-state index in [2.05, 4.69) is 68.2 Å². The van der Waals surface area contributed by atoms with Crippen LogP contribution in [0.2, 0.25) is 0 Å². The molecule has 14 heteroatoms. The van der Waals surface area contributed by atoms with Gasteiger partial charge in [-0.05, 0) is 139 Å². The minimum atomic E-state index is -0.956. The van der Waals surface area contributed by atoms with Gasteiger partial charge in [0.2, 0.25) is 29.5 Å². The van der Waals surface area contributed by atoms with Crippen molar-refractivity contribution >= 4 is 29.5 Å². The first-order valence-electron chi connectivity index (χ1n) is 24.0. The van der Waals surface area contributed by atoms with Gasteiger partial charge in [-0.2, -0.15) is 5.48 Å². The number of nitrogens with zero attached hydrogens (tertiary/aromatic N) is 2. The van der Waals surface area contributed by atoms with Crippen molar-refractivity contribution in [3.8, 4) is 11.8 Å². The first-order chi connectivity index (χ1) is 32.0. The predicted molar refractivity (Wildman–Crippen MR) is 253 cm³/mol. The molecule has 2 saturated heterocycles. The Hall–Kier alpha value is -5.59. The van der Waals surface area contributed by atoms with Crippen LogP contribution < -0.4 is 32.1 Å². The van der Waals surface area contributed by atoms with Gasteiger partial charge in [0.25, 0.3) is 0 Å². The summed E-state index contributed by atoms with van der Waals surface area (Å²) >= 11 is 0. The Balaban J connectivity index is 1.01. The molecule has 352 valence electrons.